The number of nitrogens with one attached hydrogen (secondary N) is 1. The fraction of sp³-hybridized carbons (Fsp3) is 0. The van der Waals surface area contributed by atoms with Gasteiger partial charge in [0.05, 0.1) is 0 Å². The van der Waals surface area contributed by atoms with E-state index in [1.165, 1.54) is 27.7 Å². The van der Waals surface area contributed by atoms with Crippen molar-refractivity contribution in [1.29, 1.82) is 0 Å². The Morgan fingerprint density at radius 2 is 1.25 bits per heavy atom. The van der Waals surface area contributed by atoms with Crippen LogP contribution < -0.4 is 16.2 Å². The van der Waals surface area contributed by atoms with Crippen molar-refractivity contribution in [2.75, 3.05) is 5.23 Å². The molecule has 3 aromatic rings. The van der Waals surface area contributed by atoms with Crippen molar-refractivity contribution in [2.24, 2.45) is 0 Å². The molecule has 0 atom stereocenters. The van der Waals surface area contributed by atoms with Gasteiger partial charge in [-0.2, -0.15) is 0 Å². The molecule has 0 aliphatic carbocycles. The number of anilines is 1. The van der Waals surface area contributed by atoms with Crippen molar-refractivity contribution >= 4 is 23.5 Å². The summed E-state index contributed by atoms with van der Waals surface area (Å²) in [5, 5.41) is 3.67. The maximum absolute atomic E-state index is 3.67. The number of hydrogen-bond donors (Lipinski definition) is 1. The van der Waals surface area contributed by atoms with Crippen LogP contribution >= 0.6 is 0 Å². The van der Waals surface area contributed by atoms with Gasteiger partial charge < -0.3 is 5.23 Å². The van der Waals surface area contributed by atoms with Gasteiger partial charge in [0, 0.05) is 11.3 Å². The average Bonchev–Trinajstić information content (AvgIpc) is 2.55. The highest BCUT2D eigenvalue weighted by atomic mass is 14.8. The van der Waals surface area contributed by atoms with Crippen LogP contribution in [0.15, 0.2) is 78.9 Å². The molecule has 0 bridgehead atoms. The molecule has 1 nitrogen and oxygen atoms in total. The summed E-state index contributed by atoms with van der Waals surface area (Å²) in [7, 11) is 0. The maximum Gasteiger partial charge on any atom is 0.321 e. The fourth-order valence-corrected chi connectivity index (χ4v) is 2.98. The molecule has 94 valence electrons. The van der Waals surface area contributed by atoms with E-state index in [2.05, 4.69) is 84.1 Å². The third kappa shape index (κ3) is 1.73. The first-order valence-electron chi connectivity index (χ1n) is 6.93. The molecule has 0 amide bonds. The summed E-state index contributed by atoms with van der Waals surface area (Å²) in [4.78, 5) is 0. The predicted molar refractivity (Wildman–Crippen MR) is 87.0 cm³/mol. The van der Waals surface area contributed by atoms with Crippen LogP contribution in [0.1, 0.15) is 0 Å². The largest absolute Gasteiger partial charge is 0.420 e. The first-order valence-corrected chi connectivity index (χ1v) is 6.93. The number of rotatable bonds is 1. The molecule has 0 saturated carbocycles. The molecule has 1 aliphatic rings. The van der Waals surface area contributed by atoms with Crippen LogP contribution in [-0.4, -0.2) is 6.85 Å². The monoisotopic (exact) mass is 255 g/mol. The zero-order chi connectivity index (χ0) is 13.4. The molecule has 1 aliphatic heterocycles. The summed E-state index contributed by atoms with van der Waals surface area (Å²) in [6, 6.07) is 27.8. The molecule has 0 fully saturated rings. The predicted octanol–water partition coefficient (Wildman–Crippen LogP) is 2.88. The number of hydrogen-bond acceptors (Lipinski definition) is 1. The smallest absolute Gasteiger partial charge is 0.321 e. The van der Waals surface area contributed by atoms with Crippen molar-refractivity contribution in [3.8, 4) is 11.1 Å². The van der Waals surface area contributed by atoms with E-state index in [-0.39, 0.29) is 6.85 Å². The Kier molecular flexibility index (Phi) is 2.60. The van der Waals surface area contributed by atoms with Gasteiger partial charge in [-0.25, -0.2) is 0 Å². The van der Waals surface area contributed by atoms with Crippen molar-refractivity contribution in [3.63, 3.8) is 0 Å². The lowest BCUT2D eigenvalue weighted by atomic mass is 9.48. The second kappa shape index (κ2) is 4.57. The van der Waals surface area contributed by atoms with E-state index in [4.69, 9.17) is 0 Å². The first kappa shape index (κ1) is 11.4. The van der Waals surface area contributed by atoms with E-state index in [1.54, 1.807) is 0 Å². The second-order valence-corrected chi connectivity index (χ2v) is 5.12. The summed E-state index contributed by atoms with van der Waals surface area (Å²) in [5.74, 6) is 0. The molecule has 1 heterocycles. The molecule has 0 saturated heterocycles. The van der Waals surface area contributed by atoms with Crippen LogP contribution in [0, 0.1) is 0 Å². The van der Waals surface area contributed by atoms with Crippen molar-refractivity contribution in [1.82, 2.24) is 0 Å². The van der Waals surface area contributed by atoms with Crippen LogP contribution in [0.5, 0.6) is 0 Å². The summed E-state index contributed by atoms with van der Waals surface area (Å²) in [6.07, 6.45) is 0. The molecular formula is C18H14BN. The summed E-state index contributed by atoms with van der Waals surface area (Å²) in [5.41, 5.74) is 6.47. The molecule has 4 rings (SSSR count). The Bertz CT molecular complexity index is 752. The maximum atomic E-state index is 3.67. The Labute approximate surface area is 119 Å². The van der Waals surface area contributed by atoms with Gasteiger partial charge in [0.15, 0.2) is 0 Å². The van der Waals surface area contributed by atoms with Gasteiger partial charge in [0.1, 0.15) is 0 Å². The Morgan fingerprint density at radius 1 is 0.600 bits per heavy atom. The third-order valence-corrected chi connectivity index (χ3v) is 3.92. The van der Waals surface area contributed by atoms with Crippen LogP contribution in [0.4, 0.5) is 5.69 Å². The van der Waals surface area contributed by atoms with Crippen LogP contribution in [0.25, 0.3) is 11.1 Å². The highest BCUT2D eigenvalue weighted by molar-refractivity contribution is 6.89. The third-order valence-electron chi connectivity index (χ3n) is 3.92. The van der Waals surface area contributed by atoms with Crippen molar-refractivity contribution in [3.05, 3.63) is 78.9 Å². The van der Waals surface area contributed by atoms with Gasteiger partial charge in [-0.05, 0) is 17.1 Å². The zero-order valence-corrected chi connectivity index (χ0v) is 11.1. The molecule has 3 aromatic carbocycles. The minimum Gasteiger partial charge on any atom is -0.420 e. The highest BCUT2D eigenvalue weighted by Gasteiger charge is 2.28. The Hall–Kier alpha value is -2.48. The molecule has 0 unspecified atom stereocenters. The standard InChI is InChI=1S/C18H14BN/c1-2-8-14(9-3-1)19-17-12-6-4-10-15(17)16-11-5-7-13-18(16)20-19/h1-13,20H. The van der Waals surface area contributed by atoms with Gasteiger partial charge in [0.25, 0.3) is 0 Å². The topological polar surface area (TPSA) is 12.0 Å². The number of para-hydroxylation sites is 1. The Balaban J connectivity index is 1.93. The van der Waals surface area contributed by atoms with E-state index >= 15 is 0 Å². The van der Waals surface area contributed by atoms with E-state index in [0.29, 0.717) is 0 Å². The van der Waals surface area contributed by atoms with Gasteiger partial charge >= 0.3 is 6.85 Å². The van der Waals surface area contributed by atoms with Crippen LogP contribution in [-0.2, 0) is 0 Å². The average molecular weight is 255 g/mol. The quantitative estimate of drug-likeness (QED) is 0.659. The molecule has 0 spiro atoms. The normalized spacial score (nSPS) is 12.3. The van der Waals surface area contributed by atoms with Gasteiger partial charge in [-0.3, -0.25) is 0 Å². The summed E-state index contributed by atoms with van der Waals surface area (Å²) < 4.78 is 0. The van der Waals surface area contributed by atoms with Crippen molar-refractivity contribution < 1.29 is 0 Å². The van der Waals surface area contributed by atoms with Gasteiger partial charge in [0.2, 0.25) is 0 Å². The Morgan fingerprint density at radius 3 is 2.10 bits per heavy atom. The lowest BCUT2D eigenvalue weighted by Gasteiger charge is -2.27. The van der Waals surface area contributed by atoms with Gasteiger partial charge in [-0.1, -0.05) is 78.3 Å². The molecular weight excluding hydrogens is 241 g/mol. The van der Waals surface area contributed by atoms with Crippen LogP contribution in [0.2, 0.25) is 0 Å². The lowest BCUT2D eigenvalue weighted by Crippen LogP contribution is -2.51. The fourth-order valence-electron chi connectivity index (χ4n) is 2.98. The summed E-state index contributed by atoms with van der Waals surface area (Å²) in [6.45, 7) is 0.224. The first-order chi connectivity index (χ1) is 9.93. The van der Waals surface area contributed by atoms with E-state index in [1.807, 2.05) is 0 Å². The van der Waals surface area contributed by atoms with Crippen LogP contribution in [0.3, 0.4) is 0 Å². The van der Waals surface area contributed by atoms with Gasteiger partial charge in [-0.15, -0.1) is 0 Å². The molecule has 2 heteroatoms. The molecule has 20 heavy (non-hydrogen) atoms. The number of fused-ring (bicyclic) bond motifs is 3. The minimum atomic E-state index is 0.224. The SMILES string of the molecule is c1ccc(B2Nc3ccccc3-c3ccccc32)cc1. The summed E-state index contributed by atoms with van der Waals surface area (Å²) >= 11 is 0. The molecule has 0 radical (unpaired) electrons. The number of benzene rings is 3. The lowest BCUT2D eigenvalue weighted by molar-refractivity contribution is 1.58. The zero-order valence-electron chi connectivity index (χ0n) is 11.1. The van der Waals surface area contributed by atoms with Crippen molar-refractivity contribution in [2.45, 2.75) is 0 Å². The highest BCUT2D eigenvalue weighted by Crippen LogP contribution is 2.30. The van der Waals surface area contributed by atoms with E-state index in [0.717, 1.165) is 0 Å². The van der Waals surface area contributed by atoms with E-state index < -0.39 is 0 Å². The van der Waals surface area contributed by atoms with E-state index in [9.17, 15) is 0 Å². The molecule has 0 aromatic heterocycles. The second-order valence-electron chi connectivity index (χ2n) is 5.12. The molecule has 1 N–H and O–H groups in total. The minimum absolute atomic E-state index is 0.224.